The first-order valence-electron chi connectivity index (χ1n) is 8.63. The first-order valence-corrected chi connectivity index (χ1v) is 9.51. The second kappa shape index (κ2) is 8.37. The number of nitrogens with one attached hydrogen (secondary N) is 1. The number of likely N-dealkylation sites (tertiary alicyclic amines) is 1. The SMILES string of the molecule is Cc1nc(Nc2nccs2)cc(C2CCN(C(=O)C=CCN(C)C)C2)n1. The van der Waals surface area contributed by atoms with Gasteiger partial charge in [-0.1, -0.05) is 6.08 Å². The van der Waals surface area contributed by atoms with Gasteiger partial charge < -0.3 is 15.1 Å². The molecule has 1 saturated heterocycles. The summed E-state index contributed by atoms with van der Waals surface area (Å²) in [6.07, 6.45) is 6.25. The number of carbonyl (C=O) groups excluding carboxylic acids is 1. The Balaban J connectivity index is 1.65. The standard InChI is InChI=1S/C18H24N6OS/c1-13-20-15(11-16(21-13)22-18-19-7-10-26-18)14-6-9-24(12-14)17(25)5-4-8-23(2)3/h4-5,7,10-11,14H,6,8-9,12H2,1-3H3,(H,19,20,21,22). The maximum atomic E-state index is 12.3. The molecule has 0 radical (unpaired) electrons. The predicted octanol–water partition coefficient (Wildman–Crippen LogP) is 2.42. The molecule has 3 rings (SSSR count). The number of aryl methyl sites for hydroxylation is 1. The van der Waals surface area contributed by atoms with Gasteiger partial charge in [-0.2, -0.15) is 0 Å². The minimum absolute atomic E-state index is 0.0706. The van der Waals surface area contributed by atoms with E-state index < -0.39 is 0 Å². The van der Waals surface area contributed by atoms with Crippen molar-refractivity contribution in [1.29, 1.82) is 0 Å². The second-order valence-electron chi connectivity index (χ2n) is 6.62. The molecule has 3 heterocycles. The highest BCUT2D eigenvalue weighted by molar-refractivity contribution is 7.13. The summed E-state index contributed by atoms with van der Waals surface area (Å²) in [5.41, 5.74) is 0.976. The lowest BCUT2D eigenvalue weighted by Gasteiger charge is -2.15. The molecule has 1 atom stereocenters. The van der Waals surface area contributed by atoms with Gasteiger partial charge in [0.15, 0.2) is 5.13 Å². The third-order valence-electron chi connectivity index (χ3n) is 4.17. The quantitative estimate of drug-likeness (QED) is 0.785. The topological polar surface area (TPSA) is 74.2 Å². The molecule has 0 aromatic carbocycles. The van der Waals surface area contributed by atoms with Crippen LogP contribution in [0, 0.1) is 6.92 Å². The van der Waals surface area contributed by atoms with E-state index in [0.29, 0.717) is 6.54 Å². The molecular formula is C18H24N6OS. The summed E-state index contributed by atoms with van der Waals surface area (Å²) in [6.45, 7) is 4.10. The van der Waals surface area contributed by atoms with Gasteiger partial charge >= 0.3 is 0 Å². The fourth-order valence-electron chi connectivity index (χ4n) is 2.93. The molecule has 1 fully saturated rings. The highest BCUT2D eigenvalue weighted by Gasteiger charge is 2.27. The fourth-order valence-corrected chi connectivity index (χ4v) is 3.47. The van der Waals surface area contributed by atoms with Crippen LogP contribution in [-0.2, 0) is 4.79 Å². The van der Waals surface area contributed by atoms with Crippen molar-refractivity contribution in [1.82, 2.24) is 24.8 Å². The molecule has 1 aliphatic rings. The zero-order chi connectivity index (χ0) is 18.5. The van der Waals surface area contributed by atoms with Crippen LogP contribution in [0.15, 0.2) is 29.8 Å². The predicted molar refractivity (Wildman–Crippen MR) is 104 cm³/mol. The van der Waals surface area contributed by atoms with Crippen molar-refractivity contribution >= 4 is 28.2 Å². The lowest BCUT2D eigenvalue weighted by molar-refractivity contribution is -0.125. The van der Waals surface area contributed by atoms with Crippen molar-refractivity contribution in [3.05, 3.63) is 41.3 Å². The van der Waals surface area contributed by atoms with Gasteiger partial charge in [0.25, 0.3) is 0 Å². The molecule has 2 aromatic heterocycles. The molecule has 0 aliphatic carbocycles. The van der Waals surface area contributed by atoms with Gasteiger partial charge in [0, 0.05) is 49.3 Å². The van der Waals surface area contributed by atoms with Crippen LogP contribution >= 0.6 is 11.3 Å². The molecule has 1 amide bonds. The summed E-state index contributed by atoms with van der Waals surface area (Å²) in [5.74, 6) is 1.77. The Labute approximate surface area is 157 Å². The number of rotatable bonds is 6. The average molecular weight is 372 g/mol. The Bertz CT molecular complexity index is 774. The molecule has 1 aliphatic heterocycles. The monoisotopic (exact) mass is 372 g/mol. The maximum Gasteiger partial charge on any atom is 0.246 e. The molecule has 0 bridgehead atoms. The van der Waals surface area contributed by atoms with Gasteiger partial charge in [-0.05, 0) is 27.4 Å². The van der Waals surface area contributed by atoms with Crippen LogP contribution < -0.4 is 5.32 Å². The molecule has 7 nitrogen and oxygen atoms in total. The van der Waals surface area contributed by atoms with Crippen molar-refractivity contribution in [2.45, 2.75) is 19.3 Å². The van der Waals surface area contributed by atoms with Gasteiger partial charge in [0.05, 0.1) is 5.69 Å². The maximum absolute atomic E-state index is 12.3. The van der Waals surface area contributed by atoms with Crippen LogP contribution in [0.2, 0.25) is 0 Å². The van der Waals surface area contributed by atoms with Gasteiger partial charge in [-0.15, -0.1) is 11.3 Å². The first-order chi connectivity index (χ1) is 12.5. The van der Waals surface area contributed by atoms with Gasteiger partial charge in [0.2, 0.25) is 5.91 Å². The normalized spacial score (nSPS) is 17.4. The Hall–Kier alpha value is -2.32. The molecule has 26 heavy (non-hydrogen) atoms. The Morgan fingerprint density at radius 3 is 3.04 bits per heavy atom. The van der Waals surface area contributed by atoms with Crippen molar-refractivity contribution < 1.29 is 4.79 Å². The van der Waals surface area contributed by atoms with Crippen LogP contribution in [0.1, 0.15) is 23.9 Å². The van der Waals surface area contributed by atoms with E-state index >= 15 is 0 Å². The summed E-state index contributed by atoms with van der Waals surface area (Å²) in [7, 11) is 3.96. The van der Waals surface area contributed by atoms with Gasteiger partial charge in [0.1, 0.15) is 11.6 Å². The number of hydrogen-bond donors (Lipinski definition) is 1. The van der Waals surface area contributed by atoms with Crippen LogP contribution in [0.25, 0.3) is 0 Å². The number of nitrogens with zero attached hydrogens (tertiary/aromatic N) is 5. The first kappa shape index (κ1) is 18.5. The molecule has 2 aromatic rings. The molecule has 0 saturated carbocycles. The summed E-state index contributed by atoms with van der Waals surface area (Å²) >= 11 is 1.53. The third kappa shape index (κ3) is 4.86. The van der Waals surface area contributed by atoms with Crippen molar-refractivity contribution in [2.24, 2.45) is 0 Å². The van der Waals surface area contributed by atoms with E-state index in [1.165, 1.54) is 11.3 Å². The highest BCUT2D eigenvalue weighted by Crippen LogP contribution is 2.28. The van der Waals surface area contributed by atoms with Crippen LogP contribution in [0.4, 0.5) is 10.9 Å². The molecule has 8 heteroatoms. The fraction of sp³-hybridized carbons (Fsp3) is 0.444. The number of hydrogen-bond acceptors (Lipinski definition) is 7. The molecular weight excluding hydrogens is 348 g/mol. The summed E-state index contributed by atoms with van der Waals surface area (Å²) < 4.78 is 0. The van der Waals surface area contributed by atoms with Gasteiger partial charge in [-0.25, -0.2) is 15.0 Å². The Morgan fingerprint density at radius 1 is 1.46 bits per heavy atom. The van der Waals surface area contributed by atoms with Crippen LogP contribution in [0.5, 0.6) is 0 Å². The Morgan fingerprint density at radius 2 is 2.31 bits per heavy atom. The number of aromatic nitrogens is 3. The van der Waals surface area contributed by atoms with Crippen molar-refractivity contribution in [3.63, 3.8) is 0 Å². The minimum Gasteiger partial charge on any atom is -0.338 e. The van der Waals surface area contributed by atoms with Crippen molar-refractivity contribution in [3.8, 4) is 0 Å². The number of carbonyl (C=O) groups is 1. The number of amides is 1. The largest absolute Gasteiger partial charge is 0.338 e. The van der Waals surface area contributed by atoms with E-state index in [4.69, 9.17) is 0 Å². The molecule has 1 N–H and O–H groups in total. The zero-order valence-electron chi connectivity index (χ0n) is 15.3. The lowest BCUT2D eigenvalue weighted by Crippen LogP contribution is -2.27. The Kier molecular flexibility index (Phi) is 5.95. The van der Waals surface area contributed by atoms with E-state index in [1.54, 1.807) is 12.3 Å². The van der Waals surface area contributed by atoms with Crippen LogP contribution in [0.3, 0.4) is 0 Å². The molecule has 0 spiro atoms. The summed E-state index contributed by atoms with van der Waals surface area (Å²) in [4.78, 5) is 29.5. The smallest absolute Gasteiger partial charge is 0.246 e. The summed E-state index contributed by atoms with van der Waals surface area (Å²) in [5, 5.41) is 5.95. The third-order valence-corrected chi connectivity index (χ3v) is 4.86. The molecule has 1 unspecified atom stereocenters. The second-order valence-corrected chi connectivity index (χ2v) is 7.52. The average Bonchev–Trinajstić information content (AvgIpc) is 3.25. The van der Waals surface area contributed by atoms with Gasteiger partial charge in [-0.3, -0.25) is 4.79 Å². The number of thiazole rings is 1. The number of anilines is 2. The number of likely N-dealkylation sites (N-methyl/N-ethyl adjacent to an activating group) is 1. The minimum atomic E-state index is 0.0706. The summed E-state index contributed by atoms with van der Waals surface area (Å²) in [6, 6.07) is 1.97. The van der Waals surface area contributed by atoms with E-state index in [-0.39, 0.29) is 11.8 Å². The highest BCUT2D eigenvalue weighted by atomic mass is 32.1. The molecule has 138 valence electrons. The van der Waals surface area contributed by atoms with E-state index in [1.807, 2.05) is 48.3 Å². The van der Waals surface area contributed by atoms with E-state index in [2.05, 4.69) is 20.3 Å². The zero-order valence-corrected chi connectivity index (χ0v) is 16.2. The van der Waals surface area contributed by atoms with E-state index in [0.717, 1.165) is 42.0 Å². The van der Waals surface area contributed by atoms with E-state index in [9.17, 15) is 4.79 Å². The van der Waals surface area contributed by atoms with Crippen LogP contribution in [-0.4, -0.2) is 64.4 Å². The van der Waals surface area contributed by atoms with Crippen molar-refractivity contribution in [2.75, 3.05) is 39.0 Å². The lowest BCUT2D eigenvalue weighted by atomic mass is 10.0.